The molecule has 6 heteroatoms. The van der Waals surface area contributed by atoms with Crippen LogP contribution >= 0.6 is 11.6 Å². The number of rotatable bonds is 2. The topological polar surface area (TPSA) is 54.4 Å². The molecule has 1 fully saturated rings. The Morgan fingerprint density at radius 3 is 2.76 bits per heavy atom. The molecule has 1 atom stereocenters. The fraction of sp³-hybridized carbons (Fsp3) is 0.455. The van der Waals surface area contributed by atoms with Crippen LogP contribution in [0.2, 0.25) is 5.02 Å². The third-order valence-electron chi connectivity index (χ3n) is 2.89. The highest BCUT2D eigenvalue weighted by Gasteiger charge is 2.40. The van der Waals surface area contributed by atoms with Crippen molar-refractivity contribution in [2.45, 2.75) is 18.4 Å². The minimum atomic E-state index is -3.18. The molecule has 1 aliphatic heterocycles. The molecule has 0 spiro atoms. The van der Waals surface area contributed by atoms with Crippen molar-refractivity contribution in [3.05, 3.63) is 34.6 Å². The summed E-state index contributed by atoms with van der Waals surface area (Å²) in [6.45, 7) is 0. The van der Waals surface area contributed by atoms with Crippen LogP contribution in [0.25, 0.3) is 0 Å². The Morgan fingerprint density at radius 2 is 2.18 bits per heavy atom. The first kappa shape index (κ1) is 12.8. The molecule has 3 nitrogen and oxygen atoms in total. The summed E-state index contributed by atoms with van der Waals surface area (Å²) in [4.78, 5) is 0. The second-order valence-corrected chi connectivity index (χ2v) is 7.07. The van der Waals surface area contributed by atoms with E-state index < -0.39 is 21.3 Å². The molecule has 1 aliphatic rings. The van der Waals surface area contributed by atoms with Crippen LogP contribution in [0, 0.1) is 5.82 Å². The van der Waals surface area contributed by atoms with Gasteiger partial charge in [0.05, 0.1) is 17.1 Å². The van der Waals surface area contributed by atoms with Crippen molar-refractivity contribution >= 4 is 21.4 Å². The van der Waals surface area contributed by atoms with Crippen molar-refractivity contribution in [3.63, 3.8) is 0 Å². The lowest BCUT2D eigenvalue weighted by molar-refractivity contribution is 0.0681. The van der Waals surface area contributed by atoms with Crippen LogP contribution in [0.4, 0.5) is 4.39 Å². The second-order valence-electron chi connectivity index (χ2n) is 4.48. The second kappa shape index (κ2) is 4.23. The molecule has 0 bridgehead atoms. The first-order valence-corrected chi connectivity index (χ1v) is 7.36. The van der Waals surface area contributed by atoms with Crippen molar-refractivity contribution in [1.82, 2.24) is 0 Å². The zero-order valence-electron chi connectivity index (χ0n) is 8.99. The Balaban J connectivity index is 2.24. The van der Waals surface area contributed by atoms with Gasteiger partial charge in [-0.05, 0) is 30.2 Å². The van der Waals surface area contributed by atoms with Gasteiger partial charge in [0.25, 0.3) is 0 Å². The number of hydrogen-bond acceptors (Lipinski definition) is 3. The van der Waals surface area contributed by atoms with Crippen LogP contribution in [0.5, 0.6) is 0 Å². The van der Waals surface area contributed by atoms with Gasteiger partial charge in [-0.2, -0.15) is 0 Å². The third kappa shape index (κ3) is 2.97. The summed E-state index contributed by atoms with van der Waals surface area (Å²) in [6.07, 6.45) is 0.227. The average Bonchev–Trinajstić information content (AvgIpc) is 2.47. The number of aliphatic hydroxyl groups is 1. The van der Waals surface area contributed by atoms with E-state index in [1.807, 2.05) is 0 Å². The Morgan fingerprint density at radius 1 is 1.47 bits per heavy atom. The van der Waals surface area contributed by atoms with Gasteiger partial charge in [-0.15, -0.1) is 0 Å². The molecule has 2 rings (SSSR count). The highest BCUT2D eigenvalue weighted by atomic mass is 35.5. The summed E-state index contributed by atoms with van der Waals surface area (Å²) >= 11 is 5.88. The Kier molecular flexibility index (Phi) is 3.18. The molecule has 1 aromatic carbocycles. The summed E-state index contributed by atoms with van der Waals surface area (Å²) in [5.41, 5.74) is -0.887. The quantitative estimate of drug-likeness (QED) is 0.893. The fourth-order valence-electron chi connectivity index (χ4n) is 2.07. The smallest absolute Gasteiger partial charge is 0.153 e. The van der Waals surface area contributed by atoms with Crippen LogP contribution in [0.15, 0.2) is 18.2 Å². The standard InChI is InChI=1S/C11H12ClFO3S/c12-10-2-1-9(13)5-8(10)6-11(14)3-4-17(15,16)7-11/h1-2,5,14H,3-4,6-7H2. The van der Waals surface area contributed by atoms with Crippen molar-refractivity contribution in [3.8, 4) is 0 Å². The average molecular weight is 279 g/mol. The number of sulfone groups is 1. The minimum Gasteiger partial charge on any atom is -0.388 e. The van der Waals surface area contributed by atoms with Crippen LogP contribution in [-0.2, 0) is 16.3 Å². The largest absolute Gasteiger partial charge is 0.388 e. The van der Waals surface area contributed by atoms with Crippen molar-refractivity contribution in [1.29, 1.82) is 0 Å². The molecule has 0 amide bonds. The molecule has 1 N–H and O–H groups in total. The summed E-state index contributed by atoms with van der Waals surface area (Å²) < 4.78 is 35.7. The zero-order chi connectivity index (χ0) is 12.7. The van der Waals surface area contributed by atoms with Crippen molar-refractivity contribution in [2.24, 2.45) is 0 Å². The molecule has 1 aromatic rings. The van der Waals surface area contributed by atoms with Gasteiger partial charge in [0.2, 0.25) is 0 Å². The molecular formula is C11H12ClFO3S. The Labute approximate surface area is 104 Å². The predicted molar refractivity (Wildman–Crippen MR) is 63.3 cm³/mol. The van der Waals surface area contributed by atoms with Gasteiger partial charge in [-0.25, -0.2) is 12.8 Å². The van der Waals surface area contributed by atoms with Crippen LogP contribution in [-0.4, -0.2) is 30.6 Å². The molecule has 0 aromatic heterocycles. The van der Waals surface area contributed by atoms with Gasteiger partial charge < -0.3 is 5.11 Å². The van der Waals surface area contributed by atoms with E-state index in [4.69, 9.17) is 11.6 Å². The Bertz CT molecular complexity index is 544. The molecule has 94 valence electrons. The van der Waals surface area contributed by atoms with Gasteiger partial charge in [0.1, 0.15) is 5.82 Å². The van der Waals surface area contributed by atoms with Gasteiger partial charge in [0, 0.05) is 11.4 Å². The molecule has 0 radical (unpaired) electrons. The maximum absolute atomic E-state index is 13.0. The molecule has 1 unspecified atom stereocenters. The minimum absolute atomic E-state index is 0.0313. The lowest BCUT2D eigenvalue weighted by Gasteiger charge is -2.21. The summed E-state index contributed by atoms with van der Waals surface area (Å²) in [5, 5.41) is 10.5. The normalized spacial score (nSPS) is 27.2. The molecule has 1 saturated heterocycles. The monoisotopic (exact) mass is 278 g/mol. The fourth-order valence-corrected chi connectivity index (χ4v) is 4.16. The van der Waals surface area contributed by atoms with Crippen LogP contribution in [0.1, 0.15) is 12.0 Å². The van der Waals surface area contributed by atoms with E-state index in [2.05, 4.69) is 0 Å². The number of hydrogen-bond donors (Lipinski definition) is 1. The number of halogens is 2. The van der Waals surface area contributed by atoms with E-state index in [1.54, 1.807) is 0 Å². The van der Waals surface area contributed by atoms with E-state index in [0.29, 0.717) is 10.6 Å². The van der Waals surface area contributed by atoms with Crippen LogP contribution < -0.4 is 0 Å². The van der Waals surface area contributed by atoms with Gasteiger partial charge in [0.15, 0.2) is 9.84 Å². The third-order valence-corrected chi connectivity index (χ3v) is 5.07. The summed E-state index contributed by atoms with van der Waals surface area (Å²) in [7, 11) is -3.18. The SMILES string of the molecule is O=S1(=O)CCC(O)(Cc2cc(F)ccc2Cl)C1. The Hall–Kier alpha value is -0.650. The summed E-state index contributed by atoms with van der Waals surface area (Å²) in [6, 6.07) is 3.85. The highest BCUT2D eigenvalue weighted by Crippen LogP contribution is 2.30. The van der Waals surface area contributed by atoms with Crippen molar-refractivity contribution in [2.75, 3.05) is 11.5 Å². The summed E-state index contributed by atoms with van der Waals surface area (Å²) in [5.74, 6) is -0.766. The molecular weight excluding hydrogens is 267 g/mol. The highest BCUT2D eigenvalue weighted by molar-refractivity contribution is 7.91. The van der Waals surface area contributed by atoms with Crippen LogP contribution in [0.3, 0.4) is 0 Å². The first-order valence-electron chi connectivity index (χ1n) is 5.16. The molecule has 0 saturated carbocycles. The molecule has 0 aliphatic carbocycles. The lowest BCUT2D eigenvalue weighted by atomic mass is 9.94. The van der Waals surface area contributed by atoms with E-state index in [1.165, 1.54) is 18.2 Å². The van der Waals surface area contributed by atoms with E-state index in [-0.39, 0.29) is 24.3 Å². The molecule has 17 heavy (non-hydrogen) atoms. The molecule has 1 heterocycles. The van der Waals surface area contributed by atoms with Gasteiger partial charge >= 0.3 is 0 Å². The number of benzene rings is 1. The maximum Gasteiger partial charge on any atom is 0.153 e. The lowest BCUT2D eigenvalue weighted by Crippen LogP contribution is -2.32. The maximum atomic E-state index is 13.0. The van der Waals surface area contributed by atoms with Gasteiger partial charge in [-0.1, -0.05) is 11.6 Å². The predicted octanol–water partition coefficient (Wildman–Crippen LogP) is 1.57. The van der Waals surface area contributed by atoms with E-state index in [9.17, 15) is 17.9 Å². The zero-order valence-corrected chi connectivity index (χ0v) is 10.6. The first-order chi connectivity index (χ1) is 7.80. The van der Waals surface area contributed by atoms with E-state index in [0.717, 1.165) is 0 Å². The van der Waals surface area contributed by atoms with Crippen molar-refractivity contribution < 1.29 is 17.9 Å². The van der Waals surface area contributed by atoms with E-state index >= 15 is 0 Å². The van der Waals surface area contributed by atoms with Gasteiger partial charge in [-0.3, -0.25) is 0 Å².